The predicted molar refractivity (Wildman–Crippen MR) is 82.8 cm³/mol. The number of hydrogen-bond donors (Lipinski definition) is 1. The topological polar surface area (TPSA) is 61.5 Å². The fourth-order valence-corrected chi connectivity index (χ4v) is 1.97. The maximum atomic E-state index is 11.9. The zero-order chi connectivity index (χ0) is 15.2. The van der Waals surface area contributed by atoms with Gasteiger partial charge in [-0.2, -0.15) is 0 Å². The summed E-state index contributed by atoms with van der Waals surface area (Å²) in [6, 6.07) is 12.3. The van der Waals surface area contributed by atoms with Crippen molar-refractivity contribution >= 4 is 23.3 Å². The average molecular weight is 306 g/mol. The minimum atomic E-state index is -0.412. The second kappa shape index (κ2) is 6.99. The molecule has 0 fully saturated rings. The van der Waals surface area contributed by atoms with Crippen LogP contribution in [0.3, 0.4) is 0 Å². The number of anilines is 1. The first-order chi connectivity index (χ1) is 10.1. The molecule has 2 aromatic rings. The van der Waals surface area contributed by atoms with Crippen LogP contribution in [0.1, 0.15) is 15.9 Å². The molecule has 0 aliphatic carbocycles. The van der Waals surface area contributed by atoms with E-state index in [1.807, 2.05) is 24.3 Å². The molecule has 0 aliphatic rings. The van der Waals surface area contributed by atoms with Crippen molar-refractivity contribution in [3.63, 3.8) is 0 Å². The van der Waals surface area contributed by atoms with Crippen LogP contribution in [0.25, 0.3) is 0 Å². The quantitative estimate of drug-likeness (QED) is 0.680. The van der Waals surface area contributed by atoms with E-state index in [1.54, 1.807) is 19.2 Å². The van der Waals surface area contributed by atoms with Crippen LogP contribution in [0.5, 0.6) is 5.75 Å². The second-order valence-corrected chi connectivity index (χ2v) is 4.88. The highest BCUT2D eigenvalue weighted by Gasteiger charge is 2.09. The smallest absolute Gasteiger partial charge is 0.338 e. The molecule has 5 heteroatoms. The third kappa shape index (κ3) is 4.13. The van der Waals surface area contributed by atoms with Crippen LogP contribution < -0.4 is 10.5 Å². The number of carbonyl (C=O) groups is 1. The van der Waals surface area contributed by atoms with Crippen LogP contribution in [0.2, 0.25) is 5.02 Å². The van der Waals surface area contributed by atoms with E-state index >= 15 is 0 Å². The summed E-state index contributed by atoms with van der Waals surface area (Å²) in [5.74, 6) is 0.387. The van der Waals surface area contributed by atoms with Crippen LogP contribution >= 0.6 is 11.6 Å². The highest BCUT2D eigenvalue weighted by atomic mass is 35.5. The minimum absolute atomic E-state index is 0.299. The standard InChI is InChI=1S/C16H16ClNO3/c1-20-13-5-2-11(3-6-13)8-9-21-16(19)12-4-7-15(18)14(17)10-12/h2-7,10H,8-9,18H2,1H3. The van der Waals surface area contributed by atoms with E-state index in [-0.39, 0.29) is 0 Å². The van der Waals surface area contributed by atoms with Crippen molar-refractivity contribution in [2.45, 2.75) is 6.42 Å². The summed E-state index contributed by atoms with van der Waals surface area (Å²) in [7, 11) is 1.62. The van der Waals surface area contributed by atoms with Gasteiger partial charge in [0.1, 0.15) is 5.75 Å². The van der Waals surface area contributed by atoms with Gasteiger partial charge in [-0.3, -0.25) is 0 Å². The predicted octanol–water partition coefficient (Wildman–Crippen LogP) is 3.33. The summed E-state index contributed by atoms with van der Waals surface area (Å²) >= 11 is 5.87. The van der Waals surface area contributed by atoms with Crippen molar-refractivity contribution in [3.05, 3.63) is 58.6 Å². The molecule has 0 amide bonds. The molecule has 21 heavy (non-hydrogen) atoms. The van der Waals surface area contributed by atoms with E-state index in [9.17, 15) is 4.79 Å². The van der Waals surface area contributed by atoms with Crippen LogP contribution in [0, 0.1) is 0 Å². The van der Waals surface area contributed by atoms with E-state index in [2.05, 4.69) is 0 Å². The summed E-state index contributed by atoms with van der Waals surface area (Å²) < 4.78 is 10.3. The molecular weight excluding hydrogens is 290 g/mol. The molecule has 0 bridgehead atoms. The average Bonchev–Trinajstić information content (AvgIpc) is 2.50. The van der Waals surface area contributed by atoms with Gasteiger partial charge in [0.2, 0.25) is 0 Å². The van der Waals surface area contributed by atoms with Gasteiger partial charge in [-0.25, -0.2) is 4.79 Å². The van der Waals surface area contributed by atoms with Gasteiger partial charge >= 0.3 is 5.97 Å². The molecular formula is C16H16ClNO3. The van der Waals surface area contributed by atoms with E-state index in [0.717, 1.165) is 11.3 Å². The molecule has 110 valence electrons. The lowest BCUT2D eigenvalue weighted by molar-refractivity contribution is 0.0509. The summed E-state index contributed by atoms with van der Waals surface area (Å²) in [6.07, 6.45) is 0.637. The first-order valence-electron chi connectivity index (χ1n) is 6.45. The number of methoxy groups -OCH3 is 1. The number of halogens is 1. The van der Waals surface area contributed by atoms with Crippen LogP contribution in [-0.4, -0.2) is 19.7 Å². The molecule has 0 radical (unpaired) electrons. The Morgan fingerprint density at radius 3 is 2.52 bits per heavy atom. The van der Waals surface area contributed by atoms with Gasteiger partial charge in [-0.1, -0.05) is 23.7 Å². The Labute approximate surface area is 128 Å². The van der Waals surface area contributed by atoms with E-state index in [0.29, 0.717) is 29.3 Å². The van der Waals surface area contributed by atoms with Gasteiger partial charge in [0.05, 0.1) is 30.0 Å². The van der Waals surface area contributed by atoms with E-state index < -0.39 is 5.97 Å². The highest BCUT2D eigenvalue weighted by molar-refractivity contribution is 6.33. The fourth-order valence-electron chi connectivity index (χ4n) is 1.79. The van der Waals surface area contributed by atoms with Crippen molar-refractivity contribution in [2.75, 3.05) is 19.5 Å². The van der Waals surface area contributed by atoms with Gasteiger partial charge in [0.25, 0.3) is 0 Å². The number of nitrogens with two attached hydrogens (primary N) is 1. The largest absolute Gasteiger partial charge is 0.497 e. The molecule has 0 saturated heterocycles. The van der Waals surface area contributed by atoms with Gasteiger partial charge in [0, 0.05) is 6.42 Å². The van der Waals surface area contributed by atoms with Crippen LogP contribution in [-0.2, 0) is 11.2 Å². The number of nitrogen functional groups attached to an aromatic ring is 1. The molecule has 2 aromatic carbocycles. The minimum Gasteiger partial charge on any atom is -0.497 e. The monoisotopic (exact) mass is 305 g/mol. The maximum Gasteiger partial charge on any atom is 0.338 e. The normalized spacial score (nSPS) is 10.2. The summed E-state index contributed by atoms with van der Waals surface area (Å²) in [5.41, 5.74) is 7.49. The third-order valence-corrected chi connectivity index (χ3v) is 3.35. The summed E-state index contributed by atoms with van der Waals surface area (Å²) in [6.45, 7) is 0.299. The molecule has 0 heterocycles. The SMILES string of the molecule is COc1ccc(CCOC(=O)c2ccc(N)c(Cl)c2)cc1. The van der Waals surface area contributed by atoms with Gasteiger partial charge < -0.3 is 15.2 Å². The Morgan fingerprint density at radius 1 is 1.19 bits per heavy atom. The van der Waals surface area contributed by atoms with Crippen molar-refractivity contribution in [1.82, 2.24) is 0 Å². The van der Waals surface area contributed by atoms with Crippen LogP contribution in [0.4, 0.5) is 5.69 Å². The molecule has 0 unspecified atom stereocenters. The molecule has 2 N–H and O–H groups in total. The molecule has 0 spiro atoms. The van der Waals surface area contributed by atoms with Gasteiger partial charge in [0.15, 0.2) is 0 Å². The zero-order valence-corrected chi connectivity index (χ0v) is 12.4. The van der Waals surface area contributed by atoms with Crippen molar-refractivity contribution in [1.29, 1.82) is 0 Å². The molecule has 4 nitrogen and oxygen atoms in total. The molecule has 0 aliphatic heterocycles. The lowest BCUT2D eigenvalue weighted by atomic mass is 10.1. The number of rotatable bonds is 5. The number of benzene rings is 2. The number of hydrogen-bond acceptors (Lipinski definition) is 4. The zero-order valence-electron chi connectivity index (χ0n) is 11.6. The Bertz CT molecular complexity index is 626. The molecule has 0 saturated carbocycles. The van der Waals surface area contributed by atoms with Crippen molar-refractivity contribution in [3.8, 4) is 5.75 Å². The first kappa shape index (κ1) is 15.2. The molecule has 0 aromatic heterocycles. The van der Waals surface area contributed by atoms with Gasteiger partial charge in [-0.15, -0.1) is 0 Å². The van der Waals surface area contributed by atoms with Crippen molar-refractivity contribution in [2.24, 2.45) is 0 Å². The van der Waals surface area contributed by atoms with Crippen molar-refractivity contribution < 1.29 is 14.3 Å². The Morgan fingerprint density at radius 2 is 1.90 bits per heavy atom. The summed E-state index contributed by atoms with van der Waals surface area (Å²) in [5, 5.41) is 0.347. The van der Waals surface area contributed by atoms with Crippen LogP contribution in [0.15, 0.2) is 42.5 Å². The lowest BCUT2D eigenvalue weighted by Gasteiger charge is -2.07. The Hall–Kier alpha value is -2.20. The Balaban J connectivity index is 1.87. The first-order valence-corrected chi connectivity index (χ1v) is 6.83. The highest BCUT2D eigenvalue weighted by Crippen LogP contribution is 2.20. The number of carbonyl (C=O) groups excluding carboxylic acids is 1. The van der Waals surface area contributed by atoms with E-state index in [1.165, 1.54) is 6.07 Å². The maximum absolute atomic E-state index is 11.9. The second-order valence-electron chi connectivity index (χ2n) is 4.47. The third-order valence-electron chi connectivity index (χ3n) is 3.02. The van der Waals surface area contributed by atoms with Gasteiger partial charge in [-0.05, 0) is 35.9 Å². The fraction of sp³-hybridized carbons (Fsp3) is 0.188. The number of esters is 1. The number of ether oxygens (including phenoxy) is 2. The molecule has 2 rings (SSSR count). The molecule has 0 atom stereocenters. The van der Waals surface area contributed by atoms with E-state index in [4.69, 9.17) is 26.8 Å². The Kier molecular flexibility index (Phi) is 5.06. The lowest BCUT2D eigenvalue weighted by Crippen LogP contribution is -2.08. The summed E-state index contributed by atoms with van der Waals surface area (Å²) in [4.78, 5) is 11.9.